The monoisotopic (exact) mass is 229 g/mol. The molecule has 6 N–H and O–H groups in total. The molecule has 0 aliphatic rings. The molecule has 0 spiro atoms. The zero-order valence-corrected chi connectivity index (χ0v) is 9.95. The first-order chi connectivity index (χ1) is 7.45. The van der Waals surface area contributed by atoms with E-state index in [1.807, 2.05) is 0 Å². The van der Waals surface area contributed by atoms with Crippen LogP contribution in [-0.4, -0.2) is 18.4 Å². The minimum Gasteiger partial charge on any atom is -0.366 e. The summed E-state index contributed by atoms with van der Waals surface area (Å²) in [7, 11) is 0. The minimum atomic E-state index is -0.481. The van der Waals surface area contributed by atoms with Crippen molar-refractivity contribution >= 4 is 11.8 Å². The minimum absolute atomic E-state index is 0.481. The number of carbonyl (C=O) groups is 2. The molecule has 0 saturated carbocycles. The third-order valence-electron chi connectivity index (χ3n) is 1.21. The number of unbranched alkanes of at least 4 members (excludes halogenated alkanes) is 2. The lowest BCUT2D eigenvalue weighted by molar-refractivity contribution is -0.114. The highest BCUT2D eigenvalue weighted by molar-refractivity contribution is 5.85. The molecular weight excluding hydrogens is 206 g/mol. The van der Waals surface area contributed by atoms with Gasteiger partial charge in [-0.25, -0.2) is 0 Å². The van der Waals surface area contributed by atoms with E-state index in [1.165, 1.54) is 19.3 Å². The highest BCUT2D eigenvalue weighted by Crippen LogP contribution is 1.88. The van der Waals surface area contributed by atoms with Gasteiger partial charge in [0.1, 0.15) is 0 Å². The number of hydrogen-bond acceptors (Lipinski definition) is 3. The van der Waals surface area contributed by atoms with Crippen molar-refractivity contribution in [2.75, 3.05) is 6.54 Å². The number of hydrogen-bond donors (Lipinski definition) is 3. The van der Waals surface area contributed by atoms with Crippen molar-refractivity contribution in [1.29, 1.82) is 0 Å². The van der Waals surface area contributed by atoms with Gasteiger partial charge in [-0.1, -0.05) is 32.9 Å². The van der Waals surface area contributed by atoms with Gasteiger partial charge in [0.05, 0.1) is 0 Å². The van der Waals surface area contributed by atoms with Crippen LogP contribution in [0.4, 0.5) is 0 Å². The Balaban J connectivity index is -0.000000160. The summed E-state index contributed by atoms with van der Waals surface area (Å²) in [6, 6.07) is 0. The van der Waals surface area contributed by atoms with E-state index in [-0.39, 0.29) is 0 Å². The molecule has 0 radical (unpaired) electrons. The number of carbonyl (C=O) groups excluding carboxylic acids is 2. The number of rotatable bonds is 5. The summed E-state index contributed by atoms with van der Waals surface area (Å²) in [5.41, 5.74) is 14.3. The molecule has 0 bridgehead atoms. The van der Waals surface area contributed by atoms with Crippen LogP contribution in [0.15, 0.2) is 25.3 Å². The van der Waals surface area contributed by atoms with Gasteiger partial charge in [0, 0.05) is 0 Å². The van der Waals surface area contributed by atoms with Gasteiger partial charge in [0.25, 0.3) is 0 Å². The molecule has 0 saturated heterocycles. The summed E-state index contributed by atoms with van der Waals surface area (Å²) in [5.74, 6) is -0.963. The van der Waals surface area contributed by atoms with E-state index in [1.54, 1.807) is 0 Å². The van der Waals surface area contributed by atoms with Gasteiger partial charge in [0.2, 0.25) is 11.8 Å². The predicted octanol–water partition coefficient (Wildman–Crippen LogP) is 0.451. The molecule has 0 atom stereocenters. The molecule has 2 amide bonds. The fraction of sp³-hybridized carbons (Fsp3) is 0.455. The van der Waals surface area contributed by atoms with Crippen LogP contribution in [0.2, 0.25) is 0 Å². The van der Waals surface area contributed by atoms with E-state index in [4.69, 9.17) is 5.73 Å². The fourth-order valence-electron chi connectivity index (χ4n) is 0.394. The Morgan fingerprint density at radius 1 is 1.06 bits per heavy atom. The van der Waals surface area contributed by atoms with E-state index in [2.05, 4.69) is 31.5 Å². The van der Waals surface area contributed by atoms with Crippen molar-refractivity contribution < 1.29 is 9.59 Å². The first kappa shape index (κ1) is 19.9. The van der Waals surface area contributed by atoms with Crippen molar-refractivity contribution in [3.05, 3.63) is 25.3 Å². The molecule has 0 heterocycles. The van der Waals surface area contributed by atoms with Crippen molar-refractivity contribution in [2.24, 2.45) is 17.2 Å². The van der Waals surface area contributed by atoms with E-state index in [0.29, 0.717) is 0 Å². The molecule has 0 unspecified atom stereocenters. The van der Waals surface area contributed by atoms with Crippen LogP contribution < -0.4 is 17.2 Å². The van der Waals surface area contributed by atoms with Gasteiger partial charge < -0.3 is 17.2 Å². The van der Waals surface area contributed by atoms with Crippen LogP contribution in [-0.2, 0) is 9.59 Å². The van der Waals surface area contributed by atoms with Crippen molar-refractivity contribution in [2.45, 2.75) is 26.2 Å². The van der Waals surface area contributed by atoms with E-state index in [9.17, 15) is 9.59 Å². The molecular formula is C11H23N3O2. The summed E-state index contributed by atoms with van der Waals surface area (Å²) in [4.78, 5) is 18.9. The third kappa shape index (κ3) is 55.4. The zero-order valence-electron chi connectivity index (χ0n) is 9.95. The normalized spacial score (nSPS) is 7.38. The highest BCUT2D eigenvalue weighted by Gasteiger charge is 1.75. The predicted molar refractivity (Wildman–Crippen MR) is 67.4 cm³/mol. The summed E-state index contributed by atoms with van der Waals surface area (Å²) in [6.07, 6.45) is 5.87. The van der Waals surface area contributed by atoms with Gasteiger partial charge in [-0.2, -0.15) is 0 Å². The molecule has 0 aromatic rings. The quantitative estimate of drug-likeness (QED) is 0.470. The van der Waals surface area contributed by atoms with Crippen molar-refractivity contribution in [3.63, 3.8) is 0 Å². The number of nitrogens with two attached hydrogens (primary N) is 3. The van der Waals surface area contributed by atoms with Crippen molar-refractivity contribution in [1.82, 2.24) is 0 Å². The van der Waals surface area contributed by atoms with E-state index in [0.717, 1.165) is 18.7 Å². The molecule has 0 rings (SSSR count). The Hall–Kier alpha value is -1.62. The van der Waals surface area contributed by atoms with Crippen LogP contribution in [0.3, 0.4) is 0 Å². The van der Waals surface area contributed by atoms with E-state index < -0.39 is 11.8 Å². The maximum Gasteiger partial charge on any atom is 0.240 e. The maximum absolute atomic E-state index is 9.47. The second kappa shape index (κ2) is 19.0. The average molecular weight is 229 g/mol. The molecule has 0 aromatic carbocycles. The van der Waals surface area contributed by atoms with Crippen LogP contribution in [0.25, 0.3) is 0 Å². The second-order valence-electron chi connectivity index (χ2n) is 2.71. The van der Waals surface area contributed by atoms with Gasteiger partial charge in [-0.05, 0) is 25.1 Å². The Kier molecular flexibility index (Phi) is 23.6. The van der Waals surface area contributed by atoms with Crippen LogP contribution >= 0.6 is 0 Å². The standard InChI is InChI=1S/C5H13N.2C3H5NO/c1-2-3-4-5-6;2*1-2-3(4)5/h2-6H2,1H3;2*2H,1H2,(H2,4,5). The Morgan fingerprint density at radius 2 is 1.38 bits per heavy atom. The Bertz CT molecular complexity index is 181. The van der Waals surface area contributed by atoms with Crippen LogP contribution in [0.5, 0.6) is 0 Å². The second-order valence-corrected chi connectivity index (χ2v) is 2.71. The largest absolute Gasteiger partial charge is 0.366 e. The molecule has 16 heavy (non-hydrogen) atoms. The number of amides is 2. The fourth-order valence-corrected chi connectivity index (χ4v) is 0.394. The van der Waals surface area contributed by atoms with Gasteiger partial charge >= 0.3 is 0 Å². The average Bonchev–Trinajstić information content (AvgIpc) is 2.27. The summed E-state index contributed by atoms with van der Waals surface area (Å²) >= 11 is 0. The lowest BCUT2D eigenvalue weighted by Crippen LogP contribution is -2.04. The van der Waals surface area contributed by atoms with Crippen LogP contribution in [0.1, 0.15) is 26.2 Å². The summed E-state index contributed by atoms with van der Waals surface area (Å²) in [6.45, 7) is 9.20. The molecule has 5 nitrogen and oxygen atoms in total. The SMILES string of the molecule is C=CC(N)=O.C=CC(N)=O.CCCCCN. The van der Waals surface area contributed by atoms with Gasteiger partial charge in [-0.3, -0.25) is 9.59 Å². The maximum atomic E-state index is 9.47. The topological polar surface area (TPSA) is 112 Å². The van der Waals surface area contributed by atoms with E-state index >= 15 is 0 Å². The molecule has 0 aliphatic carbocycles. The van der Waals surface area contributed by atoms with Gasteiger partial charge in [0.15, 0.2) is 0 Å². The molecule has 5 heteroatoms. The number of primary amides is 2. The third-order valence-corrected chi connectivity index (χ3v) is 1.21. The zero-order chi connectivity index (χ0) is 13.4. The van der Waals surface area contributed by atoms with Gasteiger partial charge in [-0.15, -0.1) is 0 Å². The Morgan fingerprint density at radius 3 is 1.44 bits per heavy atom. The first-order valence-corrected chi connectivity index (χ1v) is 4.99. The molecule has 0 fully saturated rings. The smallest absolute Gasteiger partial charge is 0.240 e. The molecule has 0 aliphatic heterocycles. The summed E-state index contributed by atoms with van der Waals surface area (Å²) in [5, 5.41) is 0. The molecule has 94 valence electrons. The first-order valence-electron chi connectivity index (χ1n) is 4.99. The highest BCUT2D eigenvalue weighted by atomic mass is 16.1. The molecule has 0 aromatic heterocycles. The van der Waals surface area contributed by atoms with Crippen LogP contribution in [0, 0.1) is 0 Å². The lowest BCUT2D eigenvalue weighted by atomic mass is 10.3. The lowest BCUT2D eigenvalue weighted by Gasteiger charge is -1.86. The van der Waals surface area contributed by atoms with Crippen molar-refractivity contribution in [3.8, 4) is 0 Å². The summed E-state index contributed by atoms with van der Waals surface area (Å²) < 4.78 is 0. The Labute approximate surface area is 97.4 Å².